The first-order valence-corrected chi connectivity index (χ1v) is 3.23. The molecule has 2 heteroatoms. The molecule has 0 saturated heterocycles. The minimum atomic E-state index is 0. The fourth-order valence-corrected chi connectivity index (χ4v) is 0.802. The van der Waals surface area contributed by atoms with Gasteiger partial charge in [-0.05, 0) is 18.1 Å². The molecule has 0 N–H and O–H groups in total. The molecule has 0 aliphatic rings. The number of rotatable bonds is 2. The molecule has 0 heterocycles. The molecule has 0 spiro atoms. The van der Waals surface area contributed by atoms with Gasteiger partial charge in [0.25, 0.3) is 0 Å². The van der Waals surface area contributed by atoms with Gasteiger partial charge in [0.1, 0.15) is 0 Å². The van der Waals surface area contributed by atoms with Gasteiger partial charge in [0, 0.05) is 7.11 Å². The molecule has 0 amide bonds. The Labute approximate surface area is 90.1 Å². The van der Waals surface area contributed by atoms with Crippen molar-refractivity contribution in [2.75, 3.05) is 7.11 Å². The second kappa shape index (κ2) is 5.78. The molecule has 55 valence electrons. The second-order valence-electron chi connectivity index (χ2n) is 2.25. The standard InChI is InChI=1S/C9H11O.Na.H/c1-8-3-5-9(6-4-8)7-10-2;;/h3-6H,1,7H2,2H3;;. The molecule has 0 atom stereocenters. The summed E-state index contributed by atoms with van der Waals surface area (Å²) in [4.78, 5) is 0. The molecule has 1 aromatic carbocycles. The van der Waals surface area contributed by atoms with E-state index in [4.69, 9.17) is 4.74 Å². The molecular weight excluding hydrogens is 147 g/mol. The first kappa shape index (κ1) is 11.2. The van der Waals surface area contributed by atoms with Crippen molar-refractivity contribution in [1.82, 2.24) is 0 Å². The van der Waals surface area contributed by atoms with E-state index in [0.717, 1.165) is 5.56 Å². The monoisotopic (exact) mass is 159 g/mol. The minimum absolute atomic E-state index is 0. The van der Waals surface area contributed by atoms with Gasteiger partial charge in [0.05, 0.1) is 6.61 Å². The molecule has 0 aliphatic carbocycles. The quantitative estimate of drug-likeness (QED) is 0.592. The number of hydrogen-bond acceptors (Lipinski definition) is 1. The van der Waals surface area contributed by atoms with E-state index in [0.29, 0.717) is 6.61 Å². The molecule has 0 aliphatic heterocycles. The molecule has 0 bridgehead atoms. The van der Waals surface area contributed by atoms with E-state index in [-0.39, 0.29) is 29.6 Å². The van der Waals surface area contributed by atoms with Gasteiger partial charge in [-0.25, -0.2) is 0 Å². The van der Waals surface area contributed by atoms with Crippen LogP contribution in [0.25, 0.3) is 0 Å². The summed E-state index contributed by atoms with van der Waals surface area (Å²) in [7, 11) is 1.69. The summed E-state index contributed by atoms with van der Waals surface area (Å²) < 4.78 is 4.95. The second-order valence-corrected chi connectivity index (χ2v) is 2.25. The third-order valence-corrected chi connectivity index (χ3v) is 1.33. The van der Waals surface area contributed by atoms with Crippen molar-refractivity contribution in [3.8, 4) is 0 Å². The van der Waals surface area contributed by atoms with Crippen molar-refractivity contribution in [3.05, 3.63) is 42.3 Å². The Morgan fingerprint density at radius 1 is 1.27 bits per heavy atom. The van der Waals surface area contributed by atoms with Crippen molar-refractivity contribution in [1.29, 1.82) is 0 Å². The maximum absolute atomic E-state index is 4.95. The van der Waals surface area contributed by atoms with Crippen LogP contribution < -0.4 is 0 Å². The Kier molecular flexibility index (Phi) is 5.88. The van der Waals surface area contributed by atoms with Crippen LogP contribution in [0.1, 0.15) is 11.1 Å². The van der Waals surface area contributed by atoms with Gasteiger partial charge in [-0.15, -0.1) is 0 Å². The zero-order valence-corrected chi connectivity index (χ0v) is 6.13. The van der Waals surface area contributed by atoms with Crippen molar-refractivity contribution >= 4 is 29.6 Å². The van der Waals surface area contributed by atoms with E-state index in [1.807, 2.05) is 24.3 Å². The van der Waals surface area contributed by atoms with Gasteiger partial charge in [0.15, 0.2) is 0 Å². The molecule has 0 aromatic heterocycles. The summed E-state index contributed by atoms with van der Waals surface area (Å²) in [6.45, 7) is 4.46. The average Bonchev–Trinajstić information content (AvgIpc) is 1.95. The Hall–Kier alpha value is 0.180. The topological polar surface area (TPSA) is 9.23 Å². The number of ether oxygens (including phenoxy) is 1. The molecule has 1 aromatic rings. The number of benzene rings is 1. The van der Waals surface area contributed by atoms with E-state index in [2.05, 4.69) is 6.92 Å². The molecule has 0 unspecified atom stereocenters. The average molecular weight is 159 g/mol. The predicted octanol–water partition coefficient (Wildman–Crippen LogP) is 1.37. The van der Waals surface area contributed by atoms with Crippen LogP contribution >= 0.6 is 0 Å². The van der Waals surface area contributed by atoms with Crippen molar-refractivity contribution < 1.29 is 4.74 Å². The zero-order chi connectivity index (χ0) is 7.40. The van der Waals surface area contributed by atoms with E-state index < -0.39 is 0 Å². The van der Waals surface area contributed by atoms with Gasteiger partial charge in [-0.3, -0.25) is 0 Å². The molecule has 0 fully saturated rings. The van der Waals surface area contributed by atoms with Crippen LogP contribution in [-0.4, -0.2) is 36.7 Å². The van der Waals surface area contributed by atoms with Crippen LogP contribution in [0, 0.1) is 6.92 Å². The predicted molar refractivity (Wildman–Crippen MR) is 48.8 cm³/mol. The Bertz CT molecular complexity index is 193. The van der Waals surface area contributed by atoms with Crippen LogP contribution in [0.5, 0.6) is 0 Å². The van der Waals surface area contributed by atoms with Crippen molar-refractivity contribution in [3.63, 3.8) is 0 Å². The zero-order valence-electron chi connectivity index (χ0n) is 6.13. The maximum atomic E-state index is 4.95. The van der Waals surface area contributed by atoms with Gasteiger partial charge in [0.2, 0.25) is 0 Å². The van der Waals surface area contributed by atoms with E-state index in [1.165, 1.54) is 5.56 Å². The summed E-state index contributed by atoms with van der Waals surface area (Å²) >= 11 is 0. The first-order valence-electron chi connectivity index (χ1n) is 3.23. The molecule has 0 saturated carbocycles. The van der Waals surface area contributed by atoms with Gasteiger partial charge in [-0.1, -0.05) is 24.3 Å². The summed E-state index contributed by atoms with van der Waals surface area (Å²) in [5, 5.41) is 0. The van der Waals surface area contributed by atoms with Crippen molar-refractivity contribution in [2.45, 2.75) is 6.61 Å². The molecule has 1 radical (unpaired) electrons. The van der Waals surface area contributed by atoms with Crippen LogP contribution in [0.3, 0.4) is 0 Å². The number of hydrogen-bond donors (Lipinski definition) is 0. The molecular formula is C9H12NaO. The van der Waals surface area contributed by atoms with Gasteiger partial charge >= 0.3 is 29.6 Å². The van der Waals surface area contributed by atoms with E-state index in [1.54, 1.807) is 7.11 Å². The van der Waals surface area contributed by atoms with E-state index >= 15 is 0 Å². The third-order valence-electron chi connectivity index (χ3n) is 1.33. The third kappa shape index (κ3) is 3.92. The fourth-order valence-electron chi connectivity index (χ4n) is 0.802. The summed E-state index contributed by atoms with van der Waals surface area (Å²) in [5.74, 6) is 0. The van der Waals surface area contributed by atoms with Gasteiger partial charge in [-0.2, -0.15) is 0 Å². The first-order chi connectivity index (χ1) is 4.83. The summed E-state index contributed by atoms with van der Waals surface area (Å²) in [6, 6.07) is 8.00. The Morgan fingerprint density at radius 2 is 1.82 bits per heavy atom. The SMILES string of the molecule is [CH2]c1ccc(COC)cc1.[NaH]. The van der Waals surface area contributed by atoms with Gasteiger partial charge < -0.3 is 4.74 Å². The summed E-state index contributed by atoms with van der Waals surface area (Å²) in [6.07, 6.45) is 0. The van der Waals surface area contributed by atoms with Crippen LogP contribution in [0.4, 0.5) is 0 Å². The Balaban J connectivity index is 0.000001000. The van der Waals surface area contributed by atoms with Crippen molar-refractivity contribution in [2.24, 2.45) is 0 Å². The Morgan fingerprint density at radius 3 is 2.27 bits per heavy atom. The summed E-state index contributed by atoms with van der Waals surface area (Å²) in [5.41, 5.74) is 2.23. The number of methoxy groups -OCH3 is 1. The van der Waals surface area contributed by atoms with E-state index in [9.17, 15) is 0 Å². The van der Waals surface area contributed by atoms with Crippen LogP contribution in [-0.2, 0) is 11.3 Å². The van der Waals surface area contributed by atoms with Crippen LogP contribution in [0.2, 0.25) is 0 Å². The molecule has 11 heavy (non-hydrogen) atoms. The molecule has 1 nitrogen and oxygen atoms in total. The van der Waals surface area contributed by atoms with Crippen LogP contribution in [0.15, 0.2) is 24.3 Å². The molecule has 1 rings (SSSR count). The normalized spacial score (nSPS) is 8.91. The fraction of sp³-hybridized carbons (Fsp3) is 0.222.